The molecule has 1 heterocycles. The number of pyridine rings is 1. The molecule has 0 amide bonds. The summed E-state index contributed by atoms with van der Waals surface area (Å²) in [5.74, 6) is 0.345. The summed E-state index contributed by atoms with van der Waals surface area (Å²) in [7, 11) is 0. The highest BCUT2D eigenvalue weighted by atomic mass is 16.1. The largest absolute Gasteiger partial charge is 0.298 e. The minimum Gasteiger partial charge on any atom is -0.298 e. The summed E-state index contributed by atoms with van der Waals surface area (Å²) < 4.78 is 0. The van der Waals surface area contributed by atoms with Gasteiger partial charge in [0.2, 0.25) is 0 Å². The number of Topliss-reactive ketones (excluding diaryl/α,β-unsaturated/α-hetero) is 1. The summed E-state index contributed by atoms with van der Waals surface area (Å²) in [5.41, 5.74) is 2.02. The van der Waals surface area contributed by atoms with Gasteiger partial charge in [0.05, 0.1) is 11.6 Å². The highest BCUT2D eigenvalue weighted by Crippen LogP contribution is 2.35. The molecule has 0 spiro atoms. The van der Waals surface area contributed by atoms with Gasteiger partial charge >= 0.3 is 0 Å². The average molecular weight is 217 g/mol. The number of aryl methyl sites for hydroxylation is 1. The normalized spacial score (nSPS) is 20.3. The minimum atomic E-state index is -0.267. The molecule has 1 aliphatic rings. The van der Waals surface area contributed by atoms with Gasteiger partial charge in [-0.15, -0.1) is 0 Å². The third-order valence-corrected chi connectivity index (χ3v) is 3.25. The highest BCUT2D eigenvalue weighted by molar-refractivity contribution is 5.90. The molecule has 0 fully saturated rings. The van der Waals surface area contributed by atoms with Crippen LogP contribution in [-0.2, 0) is 11.2 Å². The zero-order valence-electron chi connectivity index (χ0n) is 10.3. The van der Waals surface area contributed by atoms with Crippen molar-refractivity contribution in [1.82, 2.24) is 4.98 Å². The number of hydrogen-bond acceptors (Lipinski definition) is 2. The second-order valence-corrected chi connectivity index (χ2v) is 5.61. The first-order chi connectivity index (χ1) is 7.50. The molecule has 1 aromatic heterocycles. The van der Waals surface area contributed by atoms with E-state index in [1.54, 1.807) is 6.20 Å². The zero-order chi connectivity index (χ0) is 11.8. The summed E-state index contributed by atoms with van der Waals surface area (Å²) in [6.45, 7) is 5.98. The number of nitrogens with zero attached hydrogens (tertiary/aromatic N) is 1. The number of rotatable bonds is 1. The van der Waals surface area contributed by atoms with E-state index in [9.17, 15) is 4.79 Å². The summed E-state index contributed by atoms with van der Waals surface area (Å²) in [6.07, 6.45) is 4.93. The Morgan fingerprint density at radius 1 is 1.44 bits per heavy atom. The van der Waals surface area contributed by atoms with Crippen LogP contribution in [0.15, 0.2) is 18.3 Å². The smallest absolute Gasteiger partial charge is 0.147 e. The van der Waals surface area contributed by atoms with Crippen molar-refractivity contribution in [1.29, 1.82) is 0 Å². The van der Waals surface area contributed by atoms with Gasteiger partial charge in [0.15, 0.2) is 0 Å². The van der Waals surface area contributed by atoms with Crippen molar-refractivity contribution in [3.05, 3.63) is 29.6 Å². The summed E-state index contributed by atoms with van der Waals surface area (Å²) >= 11 is 0. The van der Waals surface area contributed by atoms with Crippen LogP contribution < -0.4 is 0 Å². The molecule has 0 N–H and O–H groups in total. The van der Waals surface area contributed by atoms with Crippen LogP contribution in [0.5, 0.6) is 0 Å². The van der Waals surface area contributed by atoms with Gasteiger partial charge in [0.1, 0.15) is 5.78 Å². The van der Waals surface area contributed by atoms with E-state index in [0.717, 1.165) is 25.0 Å². The van der Waals surface area contributed by atoms with Gasteiger partial charge in [-0.1, -0.05) is 26.8 Å². The Bertz CT molecular complexity index is 403. The fourth-order valence-electron chi connectivity index (χ4n) is 2.39. The topological polar surface area (TPSA) is 30.0 Å². The van der Waals surface area contributed by atoms with E-state index in [2.05, 4.69) is 11.1 Å². The van der Waals surface area contributed by atoms with Crippen LogP contribution in [0.25, 0.3) is 0 Å². The van der Waals surface area contributed by atoms with Gasteiger partial charge < -0.3 is 0 Å². The number of ketones is 1. The first-order valence-corrected chi connectivity index (χ1v) is 5.98. The molecule has 16 heavy (non-hydrogen) atoms. The van der Waals surface area contributed by atoms with E-state index >= 15 is 0 Å². The van der Waals surface area contributed by atoms with Crippen LogP contribution in [-0.4, -0.2) is 10.8 Å². The van der Waals surface area contributed by atoms with Crippen molar-refractivity contribution < 1.29 is 4.79 Å². The maximum atomic E-state index is 12.3. The maximum absolute atomic E-state index is 12.3. The monoisotopic (exact) mass is 217 g/mol. The molecule has 0 radical (unpaired) electrons. The van der Waals surface area contributed by atoms with E-state index in [4.69, 9.17) is 0 Å². The van der Waals surface area contributed by atoms with Gasteiger partial charge in [-0.05, 0) is 30.9 Å². The molecule has 0 aliphatic heterocycles. The molecule has 0 aromatic carbocycles. The Balaban J connectivity index is 2.36. The predicted molar refractivity (Wildman–Crippen MR) is 64.4 cm³/mol. The minimum absolute atomic E-state index is 0.0185. The molecular formula is C14H19NO. The molecule has 1 unspecified atom stereocenters. The van der Waals surface area contributed by atoms with E-state index in [1.807, 2.05) is 26.8 Å². The summed E-state index contributed by atoms with van der Waals surface area (Å²) in [4.78, 5) is 16.8. The van der Waals surface area contributed by atoms with Gasteiger partial charge in [0.25, 0.3) is 0 Å². The van der Waals surface area contributed by atoms with Crippen LogP contribution in [0.3, 0.4) is 0 Å². The van der Waals surface area contributed by atoms with Gasteiger partial charge in [-0.3, -0.25) is 9.78 Å². The SMILES string of the molecule is CC(C)(C)C(=O)C1CCCc2cccnc21. The van der Waals surface area contributed by atoms with E-state index in [0.29, 0.717) is 5.78 Å². The second-order valence-electron chi connectivity index (χ2n) is 5.61. The Labute approximate surface area is 97.1 Å². The molecule has 86 valence electrons. The molecule has 2 rings (SSSR count). The molecule has 1 aliphatic carbocycles. The molecule has 2 nitrogen and oxygen atoms in total. The quantitative estimate of drug-likeness (QED) is 0.723. The number of carbonyl (C=O) groups is 1. The Hall–Kier alpha value is -1.18. The predicted octanol–water partition coefficient (Wildman–Crippen LogP) is 3.12. The van der Waals surface area contributed by atoms with E-state index in [1.165, 1.54) is 5.56 Å². The van der Waals surface area contributed by atoms with Gasteiger partial charge in [0, 0.05) is 11.6 Å². The average Bonchev–Trinajstić information content (AvgIpc) is 2.26. The van der Waals surface area contributed by atoms with Crippen molar-refractivity contribution in [3.63, 3.8) is 0 Å². The third-order valence-electron chi connectivity index (χ3n) is 3.25. The fourth-order valence-corrected chi connectivity index (χ4v) is 2.39. The van der Waals surface area contributed by atoms with E-state index in [-0.39, 0.29) is 11.3 Å². The van der Waals surface area contributed by atoms with Crippen LogP contribution in [0.2, 0.25) is 0 Å². The highest BCUT2D eigenvalue weighted by Gasteiger charge is 2.34. The molecule has 0 bridgehead atoms. The van der Waals surface area contributed by atoms with Gasteiger partial charge in [-0.2, -0.15) is 0 Å². The Morgan fingerprint density at radius 2 is 2.19 bits per heavy atom. The van der Waals surface area contributed by atoms with Gasteiger partial charge in [-0.25, -0.2) is 0 Å². The number of fused-ring (bicyclic) bond motifs is 1. The third kappa shape index (κ3) is 2.01. The lowest BCUT2D eigenvalue weighted by molar-refractivity contribution is -0.128. The van der Waals surface area contributed by atoms with Crippen molar-refractivity contribution in [2.75, 3.05) is 0 Å². The standard InChI is InChI=1S/C14H19NO/c1-14(2,3)13(16)11-8-4-6-10-7-5-9-15-12(10)11/h5,7,9,11H,4,6,8H2,1-3H3. The van der Waals surface area contributed by atoms with Crippen molar-refractivity contribution in [2.45, 2.75) is 46.0 Å². The molecular weight excluding hydrogens is 198 g/mol. The maximum Gasteiger partial charge on any atom is 0.147 e. The van der Waals surface area contributed by atoms with Crippen LogP contribution in [0.1, 0.15) is 50.8 Å². The molecule has 2 heteroatoms. The zero-order valence-corrected chi connectivity index (χ0v) is 10.3. The van der Waals surface area contributed by atoms with Crippen molar-refractivity contribution >= 4 is 5.78 Å². The lowest BCUT2D eigenvalue weighted by atomic mass is 9.75. The number of hydrogen-bond donors (Lipinski definition) is 0. The van der Waals surface area contributed by atoms with Crippen LogP contribution >= 0.6 is 0 Å². The van der Waals surface area contributed by atoms with Crippen LogP contribution in [0.4, 0.5) is 0 Å². The van der Waals surface area contributed by atoms with Crippen molar-refractivity contribution in [2.24, 2.45) is 5.41 Å². The summed E-state index contributed by atoms with van der Waals surface area (Å²) in [6, 6.07) is 4.06. The molecule has 1 aromatic rings. The first-order valence-electron chi connectivity index (χ1n) is 5.98. The molecule has 0 saturated heterocycles. The van der Waals surface area contributed by atoms with E-state index < -0.39 is 0 Å². The summed E-state index contributed by atoms with van der Waals surface area (Å²) in [5, 5.41) is 0. The number of aromatic nitrogens is 1. The van der Waals surface area contributed by atoms with Crippen molar-refractivity contribution in [3.8, 4) is 0 Å². The fraction of sp³-hybridized carbons (Fsp3) is 0.571. The Kier molecular flexibility index (Phi) is 2.83. The molecule has 1 atom stereocenters. The van der Waals surface area contributed by atoms with Crippen LogP contribution in [0, 0.1) is 5.41 Å². The Morgan fingerprint density at radius 3 is 2.88 bits per heavy atom. The second kappa shape index (κ2) is 4.00. The lowest BCUT2D eigenvalue weighted by Gasteiger charge is -2.28. The molecule has 0 saturated carbocycles. The number of carbonyl (C=O) groups excluding carboxylic acids is 1. The lowest BCUT2D eigenvalue weighted by Crippen LogP contribution is -2.30. The first kappa shape index (κ1) is 11.3.